The topological polar surface area (TPSA) is 102 Å². The lowest BCUT2D eigenvalue weighted by molar-refractivity contribution is -0.167. The Labute approximate surface area is 190 Å². The number of amides is 2. The summed E-state index contributed by atoms with van der Waals surface area (Å²) in [6.45, 7) is -1.43. The first-order valence-corrected chi connectivity index (χ1v) is 10.2. The van der Waals surface area contributed by atoms with Crippen LogP contribution in [0.5, 0.6) is 0 Å². The van der Waals surface area contributed by atoms with E-state index in [1.54, 1.807) is 12.1 Å². The molecule has 11 heteroatoms. The van der Waals surface area contributed by atoms with Gasteiger partial charge in [0.15, 0.2) is 0 Å². The molecule has 32 heavy (non-hydrogen) atoms. The van der Waals surface area contributed by atoms with Gasteiger partial charge in [-0.1, -0.05) is 29.3 Å². The molecule has 1 aliphatic rings. The lowest BCUT2D eigenvalue weighted by Gasteiger charge is -2.40. The van der Waals surface area contributed by atoms with Crippen LogP contribution in [0.1, 0.15) is 21.6 Å². The van der Waals surface area contributed by atoms with Crippen molar-refractivity contribution in [3.05, 3.63) is 63.4 Å². The highest BCUT2D eigenvalue weighted by Crippen LogP contribution is 2.28. The molecule has 0 bridgehead atoms. The van der Waals surface area contributed by atoms with Crippen molar-refractivity contribution < 1.29 is 18.4 Å². The van der Waals surface area contributed by atoms with Crippen LogP contribution in [0.25, 0.3) is 11.0 Å². The van der Waals surface area contributed by atoms with Gasteiger partial charge < -0.3 is 15.2 Å². The molecule has 1 aliphatic heterocycles. The minimum absolute atomic E-state index is 0.0402. The van der Waals surface area contributed by atoms with E-state index in [0.717, 1.165) is 4.90 Å². The van der Waals surface area contributed by atoms with Crippen LogP contribution < -0.4 is 5.32 Å². The number of carbonyl (C=O) groups excluding carboxylic acids is 2. The fourth-order valence-electron chi connectivity index (χ4n) is 3.44. The number of pyridine rings is 1. The molecule has 2 N–H and O–H groups in total. The zero-order valence-electron chi connectivity index (χ0n) is 16.3. The monoisotopic (exact) mass is 477 g/mol. The van der Waals surface area contributed by atoms with Crippen LogP contribution in [0.3, 0.4) is 0 Å². The summed E-state index contributed by atoms with van der Waals surface area (Å²) >= 11 is 12.1. The predicted molar refractivity (Wildman–Crippen MR) is 114 cm³/mol. The first-order valence-electron chi connectivity index (χ1n) is 9.45. The molecule has 1 saturated heterocycles. The van der Waals surface area contributed by atoms with E-state index in [1.807, 2.05) is 6.07 Å². The lowest BCUT2D eigenvalue weighted by atomic mass is 10.0. The van der Waals surface area contributed by atoms with Gasteiger partial charge in [0.25, 0.3) is 11.8 Å². The summed E-state index contributed by atoms with van der Waals surface area (Å²) in [6.07, 6.45) is 1.38. The van der Waals surface area contributed by atoms with Gasteiger partial charge >= 0.3 is 0 Å². The van der Waals surface area contributed by atoms with Crippen molar-refractivity contribution in [3.8, 4) is 6.07 Å². The number of nitriles is 1. The Kier molecular flexibility index (Phi) is 5.75. The molecule has 0 radical (unpaired) electrons. The van der Waals surface area contributed by atoms with E-state index in [-0.39, 0.29) is 17.1 Å². The summed E-state index contributed by atoms with van der Waals surface area (Å²) in [5, 5.41) is 12.8. The number of benzene rings is 1. The summed E-state index contributed by atoms with van der Waals surface area (Å²) in [6, 6.07) is 8.48. The van der Waals surface area contributed by atoms with Crippen LogP contribution >= 0.6 is 23.2 Å². The second-order valence-electron chi connectivity index (χ2n) is 7.47. The Morgan fingerprint density at radius 2 is 2.03 bits per heavy atom. The molecular weight excluding hydrogens is 463 g/mol. The highest BCUT2D eigenvalue weighted by molar-refractivity contribution is 6.31. The summed E-state index contributed by atoms with van der Waals surface area (Å²) in [5.74, 6) is -4.21. The Morgan fingerprint density at radius 1 is 1.28 bits per heavy atom. The van der Waals surface area contributed by atoms with Gasteiger partial charge in [0.05, 0.1) is 29.7 Å². The number of rotatable bonds is 5. The van der Waals surface area contributed by atoms with Crippen molar-refractivity contribution in [2.75, 3.05) is 13.1 Å². The van der Waals surface area contributed by atoms with Crippen molar-refractivity contribution in [3.63, 3.8) is 0 Å². The molecule has 2 amide bonds. The Morgan fingerprint density at radius 3 is 2.69 bits per heavy atom. The Hall–Kier alpha value is -3.22. The van der Waals surface area contributed by atoms with Crippen molar-refractivity contribution in [1.29, 1.82) is 5.26 Å². The highest BCUT2D eigenvalue weighted by Gasteiger charge is 2.47. The van der Waals surface area contributed by atoms with Gasteiger partial charge in [-0.05, 0) is 29.8 Å². The molecule has 2 aromatic heterocycles. The van der Waals surface area contributed by atoms with E-state index in [2.05, 4.69) is 15.3 Å². The van der Waals surface area contributed by atoms with Gasteiger partial charge in [-0.2, -0.15) is 5.26 Å². The summed E-state index contributed by atoms with van der Waals surface area (Å²) in [7, 11) is 0. The second-order valence-corrected chi connectivity index (χ2v) is 8.32. The summed E-state index contributed by atoms with van der Waals surface area (Å²) < 4.78 is 26.6. The zero-order valence-corrected chi connectivity index (χ0v) is 17.8. The average Bonchev–Trinajstić information content (AvgIpc) is 3.15. The zero-order chi connectivity index (χ0) is 23.0. The number of H-pyrrole nitrogens is 1. The minimum Gasteiger partial charge on any atom is -0.339 e. The third-order valence-electron chi connectivity index (χ3n) is 5.05. The van der Waals surface area contributed by atoms with Gasteiger partial charge in [0, 0.05) is 23.0 Å². The van der Waals surface area contributed by atoms with E-state index in [4.69, 9.17) is 28.5 Å². The number of nitrogens with zero attached hydrogens (tertiary/aromatic N) is 3. The maximum atomic E-state index is 13.3. The smallest absolute Gasteiger partial charge is 0.282 e. The Balaban J connectivity index is 1.58. The number of fused-ring (bicyclic) bond motifs is 1. The number of halogens is 4. The minimum atomic E-state index is -2.95. The lowest BCUT2D eigenvalue weighted by Crippen LogP contribution is -2.63. The molecule has 0 saturated carbocycles. The average molecular weight is 478 g/mol. The van der Waals surface area contributed by atoms with Crippen LogP contribution in [0, 0.1) is 11.3 Å². The SMILES string of the molecule is N#Cc1ccc(CC(NC(=O)c2cc3cc(Cl)cnc3[nH]2)C(=O)N2CC(F)(F)C2)c(Cl)c1. The van der Waals surface area contributed by atoms with Crippen molar-refractivity contribution in [2.24, 2.45) is 0 Å². The van der Waals surface area contributed by atoms with E-state index in [1.165, 1.54) is 24.4 Å². The molecule has 4 rings (SSSR count). The third-order valence-corrected chi connectivity index (χ3v) is 5.61. The normalized spacial score (nSPS) is 15.7. The highest BCUT2D eigenvalue weighted by atomic mass is 35.5. The second kappa shape index (κ2) is 8.37. The van der Waals surface area contributed by atoms with Gasteiger partial charge in [-0.25, -0.2) is 13.8 Å². The molecule has 3 aromatic rings. The molecule has 1 unspecified atom stereocenters. The summed E-state index contributed by atoms with van der Waals surface area (Å²) in [4.78, 5) is 33.6. The maximum Gasteiger partial charge on any atom is 0.282 e. The number of alkyl halides is 2. The number of aromatic nitrogens is 2. The number of hydrogen-bond acceptors (Lipinski definition) is 4. The number of carbonyl (C=O) groups is 2. The predicted octanol–water partition coefficient (Wildman–Crippen LogP) is 3.56. The summed E-state index contributed by atoms with van der Waals surface area (Å²) in [5.41, 5.74) is 1.38. The molecule has 3 heterocycles. The molecular formula is C21H15Cl2F2N5O2. The first kappa shape index (κ1) is 22.0. The third kappa shape index (κ3) is 4.52. The van der Waals surface area contributed by atoms with E-state index in [0.29, 0.717) is 27.2 Å². The molecule has 1 aromatic carbocycles. The molecule has 7 nitrogen and oxygen atoms in total. The molecule has 1 atom stereocenters. The van der Waals surface area contributed by atoms with Crippen molar-refractivity contribution in [2.45, 2.75) is 18.4 Å². The number of hydrogen-bond donors (Lipinski definition) is 2. The van der Waals surface area contributed by atoms with E-state index < -0.39 is 36.9 Å². The van der Waals surface area contributed by atoms with Gasteiger partial charge in [-0.15, -0.1) is 0 Å². The van der Waals surface area contributed by atoms with Crippen LogP contribution in [0.15, 0.2) is 36.5 Å². The fraction of sp³-hybridized carbons (Fsp3) is 0.238. The molecule has 0 aliphatic carbocycles. The number of nitrogens with one attached hydrogen (secondary N) is 2. The Bertz CT molecular complexity index is 1260. The standard InChI is InChI=1S/C21H15Cl2F2N5O2/c22-14-4-13-6-16(28-18(13)27-8-14)19(31)29-17(20(32)30-9-21(24,25)10-30)5-12-2-1-11(7-26)3-15(12)23/h1-4,6,8,17H,5,9-10H2,(H,27,28)(H,29,31). The molecule has 0 spiro atoms. The van der Waals surface area contributed by atoms with E-state index >= 15 is 0 Å². The molecule has 164 valence electrons. The van der Waals surface area contributed by atoms with Crippen molar-refractivity contribution >= 4 is 46.0 Å². The number of likely N-dealkylation sites (tertiary alicyclic amines) is 1. The molecule has 1 fully saturated rings. The van der Waals surface area contributed by atoms with Crippen LogP contribution in [-0.2, 0) is 11.2 Å². The largest absolute Gasteiger partial charge is 0.339 e. The van der Waals surface area contributed by atoms with Crippen LogP contribution in [-0.4, -0.2) is 51.7 Å². The first-order chi connectivity index (χ1) is 15.1. The quantitative estimate of drug-likeness (QED) is 0.586. The van der Waals surface area contributed by atoms with Crippen molar-refractivity contribution in [1.82, 2.24) is 20.2 Å². The van der Waals surface area contributed by atoms with Gasteiger partial charge in [0.2, 0.25) is 5.91 Å². The fourth-order valence-corrected chi connectivity index (χ4v) is 3.86. The van der Waals surface area contributed by atoms with Crippen LogP contribution in [0.2, 0.25) is 10.0 Å². The van der Waals surface area contributed by atoms with Gasteiger partial charge in [-0.3, -0.25) is 9.59 Å². The van der Waals surface area contributed by atoms with Gasteiger partial charge in [0.1, 0.15) is 17.4 Å². The van der Waals surface area contributed by atoms with Crippen LogP contribution in [0.4, 0.5) is 8.78 Å². The maximum absolute atomic E-state index is 13.3. The number of aromatic amines is 1. The van der Waals surface area contributed by atoms with E-state index in [9.17, 15) is 18.4 Å².